The number of ether oxygens (including phenoxy) is 3. The largest absolute Gasteiger partial charge is 0.494 e. The van der Waals surface area contributed by atoms with Crippen molar-refractivity contribution < 1.29 is 27.8 Å². The molecule has 0 bridgehead atoms. The van der Waals surface area contributed by atoms with E-state index in [-0.39, 0.29) is 29.4 Å². The van der Waals surface area contributed by atoms with Crippen LogP contribution in [0.5, 0.6) is 23.0 Å². The molecule has 0 aliphatic heterocycles. The van der Waals surface area contributed by atoms with Crippen molar-refractivity contribution in [2.45, 2.75) is 19.8 Å². The Hall–Kier alpha value is -4.66. The molecule has 0 unspecified atom stereocenters. The van der Waals surface area contributed by atoms with E-state index in [4.69, 9.17) is 14.2 Å². The Labute approximate surface area is 224 Å². The quantitative estimate of drug-likeness (QED) is 0.228. The zero-order valence-electron chi connectivity index (χ0n) is 21.6. The number of hydrogen-bond acceptors (Lipinski definition) is 5. The van der Waals surface area contributed by atoms with E-state index in [0.717, 1.165) is 17.9 Å². The van der Waals surface area contributed by atoms with Crippen LogP contribution in [0.4, 0.5) is 14.5 Å². The molecule has 0 aliphatic rings. The zero-order valence-corrected chi connectivity index (χ0v) is 21.6. The highest BCUT2D eigenvalue weighted by Crippen LogP contribution is 2.40. The average Bonchev–Trinajstić information content (AvgIpc) is 2.92. The fourth-order valence-corrected chi connectivity index (χ4v) is 3.84. The van der Waals surface area contributed by atoms with Crippen molar-refractivity contribution >= 4 is 11.6 Å². The van der Waals surface area contributed by atoms with Crippen molar-refractivity contribution in [3.8, 4) is 34.1 Å². The molecule has 0 fully saturated rings. The van der Waals surface area contributed by atoms with E-state index in [0.29, 0.717) is 42.2 Å². The van der Waals surface area contributed by atoms with Gasteiger partial charge in [0, 0.05) is 48.6 Å². The minimum atomic E-state index is -0.874. The predicted octanol–water partition coefficient (Wildman–Crippen LogP) is 6.32. The van der Waals surface area contributed by atoms with Gasteiger partial charge in [-0.1, -0.05) is 18.2 Å². The molecule has 0 radical (unpaired) electrons. The lowest BCUT2D eigenvalue weighted by molar-refractivity contribution is -0.116. The number of benzene rings is 3. The molecular weight excluding hydrogens is 506 g/mol. The van der Waals surface area contributed by atoms with Crippen LogP contribution in [0.2, 0.25) is 0 Å². The summed E-state index contributed by atoms with van der Waals surface area (Å²) in [6.45, 7) is 2.46. The maximum Gasteiger partial charge on any atom is 0.254 e. The number of nitrogens with zero attached hydrogens (tertiary/aromatic N) is 1. The number of aryl methyl sites for hydroxylation is 1. The minimum Gasteiger partial charge on any atom is -0.494 e. The number of aromatic nitrogens is 1. The molecular formula is C30H28F2N2O5. The first kappa shape index (κ1) is 27.4. The Morgan fingerprint density at radius 3 is 2.41 bits per heavy atom. The highest BCUT2D eigenvalue weighted by molar-refractivity contribution is 5.92. The second kappa shape index (κ2) is 12.7. The molecule has 1 amide bonds. The highest BCUT2D eigenvalue weighted by atomic mass is 19.1. The van der Waals surface area contributed by atoms with Crippen LogP contribution in [0, 0.1) is 11.6 Å². The third-order valence-electron chi connectivity index (χ3n) is 5.72. The van der Waals surface area contributed by atoms with E-state index in [9.17, 15) is 18.4 Å². The number of nitrogens with one attached hydrogen (secondary N) is 1. The Kier molecular flexibility index (Phi) is 8.94. The fourth-order valence-electron chi connectivity index (χ4n) is 3.84. The van der Waals surface area contributed by atoms with E-state index in [1.54, 1.807) is 38.4 Å². The van der Waals surface area contributed by atoms with Gasteiger partial charge in [-0.3, -0.25) is 9.59 Å². The average molecular weight is 535 g/mol. The van der Waals surface area contributed by atoms with Gasteiger partial charge in [0.25, 0.3) is 5.56 Å². The fraction of sp³-hybridized carbons (Fsp3) is 0.200. The van der Waals surface area contributed by atoms with Crippen molar-refractivity contribution in [1.29, 1.82) is 0 Å². The summed E-state index contributed by atoms with van der Waals surface area (Å²) < 4.78 is 46.4. The third kappa shape index (κ3) is 7.22. The normalized spacial score (nSPS) is 10.7. The molecule has 1 N–H and O–H groups in total. The van der Waals surface area contributed by atoms with Gasteiger partial charge < -0.3 is 24.1 Å². The molecule has 202 valence electrons. The summed E-state index contributed by atoms with van der Waals surface area (Å²) >= 11 is 0. The maximum absolute atomic E-state index is 14.4. The lowest BCUT2D eigenvalue weighted by Gasteiger charge is -2.17. The molecule has 39 heavy (non-hydrogen) atoms. The van der Waals surface area contributed by atoms with Gasteiger partial charge >= 0.3 is 0 Å². The van der Waals surface area contributed by atoms with Crippen molar-refractivity contribution in [1.82, 2.24) is 4.57 Å². The molecule has 0 spiro atoms. The molecule has 0 saturated heterocycles. The molecule has 1 heterocycles. The summed E-state index contributed by atoms with van der Waals surface area (Å²) in [5.74, 6) is -0.762. The molecule has 7 nitrogen and oxygen atoms in total. The maximum atomic E-state index is 14.4. The molecule has 1 aromatic heterocycles. The lowest BCUT2D eigenvalue weighted by Crippen LogP contribution is -2.16. The first-order chi connectivity index (χ1) is 18.8. The Morgan fingerprint density at radius 2 is 1.67 bits per heavy atom. The van der Waals surface area contributed by atoms with E-state index in [2.05, 4.69) is 5.32 Å². The third-order valence-corrected chi connectivity index (χ3v) is 5.72. The lowest BCUT2D eigenvalue weighted by atomic mass is 10.0. The Morgan fingerprint density at radius 1 is 0.897 bits per heavy atom. The summed E-state index contributed by atoms with van der Waals surface area (Å²) in [6, 6.07) is 18.5. The number of pyridine rings is 1. The standard InChI is InChI=1S/C30H28F2N2O5/c1-3-37-28-18-30(36)34(2)19-24(28)23-17-21(12-14-26(23)39-27-13-11-20(31)16-25(27)32)33-29(35)10-7-15-38-22-8-5-4-6-9-22/h4-6,8-9,11-14,16-19H,3,7,10,15H2,1-2H3,(H,33,35). The number of hydrogen-bond donors (Lipinski definition) is 1. The van der Waals surface area contributed by atoms with Crippen LogP contribution in [0.1, 0.15) is 19.8 Å². The summed E-state index contributed by atoms with van der Waals surface area (Å²) in [4.78, 5) is 24.9. The van der Waals surface area contributed by atoms with Gasteiger partial charge in [0.15, 0.2) is 11.6 Å². The molecule has 4 rings (SSSR count). The van der Waals surface area contributed by atoms with Crippen LogP contribution < -0.4 is 25.1 Å². The van der Waals surface area contributed by atoms with Gasteiger partial charge in [-0.05, 0) is 55.8 Å². The molecule has 4 aromatic rings. The van der Waals surface area contributed by atoms with Crippen LogP contribution in [-0.4, -0.2) is 23.7 Å². The van der Waals surface area contributed by atoms with Gasteiger partial charge in [0.1, 0.15) is 23.1 Å². The number of para-hydroxylation sites is 1. The van der Waals surface area contributed by atoms with Crippen LogP contribution in [0.3, 0.4) is 0 Å². The monoisotopic (exact) mass is 534 g/mol. The number of halogens is 2. The van der Waals surface area contributed by atoms with Crippen LogP contribution in [-0.2, 0) is 11.8 Å². The summed E-state index contributed by atoms with van der Waals surface area (Å²) in [5.41, 5.74) is 1.10. The van der Waals surface area contributed by atoms with Crippen molar-refractivity contribution in [3.05, 3.63) is 101 Å². The van der Waals surface area contributed by atoms with E-state index in [1.807, 2.05) is 30.3 Å². The van der Waals surface area contributed by atoms with Gasteiger partial charge in [-0.2, -0.15) is 0 Å². The first-order valence-electron chi connectivity index (χ1n) is 12.4. The Balaban J connectivity index is 1.59. The molecule has 9 heteroatoms. The van der Waals surface area contributed by atoms with Gasteiger partial charge in [0.2, 0.25) is 5.91 Å². The first-order valence-corrected chi connectivity index (χ1v) is 12.4. The van der Waals surface area contributed by atoms with E-state index >= 15 is 0 Å². The number of carbonyl (C=O) groups is 1. The van der Waals surface area contributed by atoms with E-state index < -0.39 is 11.6 Å². The number of carbonyl (C=O) groups excluding carboxylic acids is 1. The predicted molar refractivity (Wildman–Crippen MR) is 145 cm³/mol. The van der Waals surface area contributed by atoms with Gasteiger partial charge in [-0.15, -0.1) is 0 Å². The SMILES string of the molecule is CCOc1cc(=O)n(C)cc1-c1cc(NC(=O)CCCOc2ccccc2)ccc1Oc1ccc(F)cc1F. The van der Waals surface area contributed by atoms with Gasteiger partial charge in [0.05, 0.1) is 13.2 Å². The van der Waals surface area contributed by atoms with E-state index in [1.165, 1.54) is 16.7 Å². The number of amides is 1. The van der Waals surface area contributed by atoms with Crippen LogP contribution >= 0.6 is 0 Å². The summed E-state index contributed by atoms with van der Waals surface area (Å²) in [5, 5.41) is 2.86. The highest BCUT2D eigenvalue weighted by Gasteiger charge is 2.18. The minimum absolute atomic E-state index is 0.185. The Bertz CT molecular complexity index is 1510. The molecule has 0 atom stereocenters. The second-order valence-electron chi connectivity index (χ2n) is 8.63. The summed E-state index contributed by atoms with van der Waals surface area (Å²) in [6.07, 6.45) is 2.31. The zero-order chi connectivity index (χ0) is 27.8. The topological polar surface area (TPSA) is 78.8 Å². The smallest absolute Gasteiger partial charge is 0.254 e. The molecule has 3 aromatic carbocycles. The molecule has 0 aliphatic carbocycles. The number of rotatable bonds is 11. The van der Waals surface area contributed by atoms with Crippen molar-refractivity contribution in [2.75, 3.05) is 18.5 Å². The second-order valence-corrected chi connectivity index (χ2v) is 8.63. The van der Waals surface area contributed by atoms with Crippen LogP contribution in [0.25, 0.3) is 11.1 Å². The summed E-state index contributed by atoms with van der Waals surface area (Å²) in [7, 11) is 1.59. The molecule has 0 saturated carbocycles. The van der Waals surface area contributed by atoms with Crippen molar-refractivity contribution in [3.63, 3.8) is 0 Å². The van der Waals surface area contributed by atoms with Gasteiger partial charge in [-0.25, -0.2) is 8.78 Å². The number of anilines is 1. The van der Waals surface area contributed by atoms with Crippen molar-refractivity contribution in [2.24, 2.45) is 7.05 Å². The van der Waals surface area contributed by atoms with Crippen LogP contribution in [0.15, 0.2) is 83.8 Å².